The molecule has 5 aromatic rings. The zero-order chi connectivity index (χ0) is 55.1. The van der Waals surface area contributed by atoms with E-state index in [1.165, 1.54) is 24.2 Å². The van der Waals surface area contributed by atoms with Gasteiger partial charge in [0.25, 0.3) is 0 Å². The van der Waals surface area contributed by atoms with Crippen molar-refractivity contribution in [2.75, 3.05) is 59.0 Å². The molecule has 0 radical (unpaired) electrons. The Morgan fingerprint density at radius 3 is 2.00 bits per heavy atom. The lowest BCUT2D eigenvalue weighted by Gasteiger charge is -2.33. The first-order valence-corrected chi connectivity index (χ1v) is 27.7. The summed E-state index contributed by atoms with van der Waals surface area (Å²) >= 11 is 0. The van der Waals surface area contributed by atoms with Crippen LogP contribution in [0.5, 0.6) is 5.75 Å². The van der Waals surface area contributed by atoms with Gasteiger partial charge in [-0.25, -0.2) is 4.79 Å². The number of aromatic amines is 1. The number of nitrogens with zero attached hydrogens (tertiary/aromatic N) is 2. The Hall–Kier alpha value is -7.81. The monoisotopic (exact) mass is 1080 g/mol. The van der Waals surface area contributed by atoms with E-state index in [0.29, 0.717) is 66.7 Å². The number of nitrogens with two attached hydrogens (primary N) is 1. The lowest BCUT2D eigenvalue weighted by molar-refractivity contribution is -0.143. The molecule has 0 bridgehead atoms. The second kappa shape index (κ2) is 27.2. The lowest BCUT2D eigenvalue weighted by atomic mass is 9.90. The van der Waals surface area contributed by atoms with E-state index < -0.39 is 83.9 Å². The molecular weight excluding hydrogens is 1010 g/mol. The number of hydrogen-bond donors (Lipinski definition) is 9. The van der Waals surface area contributed by atoms with Crippen LogP contribution in [0, 0.1) is 5.92 Å². The number of rotatable bonds is 15. The van der Waals surface area contributed by atoms with E-state index in [9.17, 15) is 4.79 Å². The second-order valence-corrected chi connectivity index (χ2v) is 21.0. The fourth-order valence-electron chi connectivity index (χ4n) is 11.1. The van der Waals surface area contributed by atoms with Crippen molar-refractivity contribution in [3.8, 4) is 5.75 Å². The summed E-state index contributed by atoms with van der Waals surface area (Å²) in [6.45, 7) is 3.10. The molecule has 10 N–H and O–H groups in total. The van der Waals surface area contributed by atoms with Crippen LogP contribution in [0.2, 0.25) is 0 Å². The lowest BCUT2D eigenvalue weighted by Crippen LogP contribution is -2.63. The van der Waals surface area contributed by atoms with Crippen molar-refractivity contribution in [3.63, 3.8) is 0 Å². The molecule has 20 nitrogen and oxygen atoms in total. The zero-order valence-corrected chi connectivity index (χ0v) is 44.5. The summed E-state index contributed by atoms with van der Waals surface area (Å²) in [4.78, 5) is 110. The van der Waals surface area contributed by atoms with E-state index in [1.807, 2.05) is 71.6 Å². The van der Waals surface area contributed by atoms with E-state index in [2.05, 4.69) is 42.2 Å². The van der Waals surface area contributed by atoms with Gasteiger partial charge >= 0.3 is 6.09 Å². The molecule has 7 atom stereocenters. The zero-order valence-electron chi connectivity index (χ0n) is 44.5. The number of fused-ring (bicyclic) bond motifs is 2. The molecular formula is C59H73N11O9. The van der Waals surface area contributed by atoms with E-state index in [4.69, 9.17) is 15.2 Å². The van der Waals surface area contributed by atoms with Crippen LogP contribution < -0.4 is 47.7 Å². The normalized spacial score (nSPS) is 24.2. The highest BCUT2D eigenvalue weighted by molar-refractivity contribution is 5.99. The van der Waals surface area contributed by atoms with Crippen molar-refractivity contribution in [3.05, 3.63) is 138 Å². The maximum atomic E-state index is 15.4. The van der Waals surface area contributed by atoms with E-state index in [1.54, 1.807) is 48.7 Å². The Kier molecular flexibility index (Phi) is 19.2. The van der Waals surface area contributed by atoms with Crippen LogP contribution in [0.15, 0.2) is 115 Å². The third kappa shape index (κ3) is 15.1. The fraction of sp³-hybridized carbons (Fsp3) is 0.441. The van der Waals surface area contributed by atoms with Crippen molar-refractivity contribution in [1.82, 2.24) is 52.0 Å². The largest absolute Gasteiger partial charge is 0.493 e. The topological polar surface area (TPSA) is 270 Å². The third-order valence-electron chi connectivity index (χ3n) is 15.3. The van der Waals surface area contributed by atoms with Crippen LogP contribution >= 0.6 is 0 Å². The molecule has 3 aliphatic heterocycles. The Morgan fingerprint density at radius 2 is 1.27 bits per heavy atom. The minimum Gasteiger partial charge on any atom is -0.493 e. The van der Waals surface area contributed by atoms with Crippen LogP contribution in [-0.2, 0) is 52.8 Å². The van der Waals surface area contributed by atoms with Crippen LogP contribution in [-0.4, -0.2) is 152 Å². The molecule has 0 unspecified atom stereocenters. The highest BCUT2D eigenvalue weighted by atomic mass is 16.6. The van der Waals surface area contributed by atoms with Gasteiger partial charge in [-0.2, -0.15) is 0 Å². The number of aromatic nitrogens is 1. The van der Waals surface area contributed by atoms with Crippen LogP contribution in [0.1, 0.15) is 66.8 Å². The van der Waals surface area contributed by atoms with Gasteiger partial charge in [-0.05, 0) is 59.2 Å². The van der Waals surface area contributed by atoms with Gasteiger partial charge in [0, 0.05) is 88.6 Å². The number of benzene rings is 4. The molecule has 4 heterocycles. The number of para-hydroxylation sites is 1. The van der Waals surface area contributed by atoms with Gasteiger partial charge in [-0.3, -0.25) is 33.7 Å². The number of alkyl carbamates (subject to hydrolysis) is 1. The summed E-state index contributed by atoms with van der Waals surface area (Å²) in [5, 5.41) is 21.5. The molecule has 7 amide bonds. The number of carbonyl (C=O) groups excluding carboxylic acids is 7. The summed E-state index contributed by atoms with van der Waals surface area (Å²) in [7, 11) is 0. The molecule has 0 spiro atoms. The molecule has 20 heteroatoms. The minimum atomic E-state index is -1.41. The molecule has 1 saturated carbocycles. The van der Waals surface area contributed by atoms with Crippen molar-refractivity contribution in [2.45, 2.75) is 100 Å². The third-order valence-corrected chi connectivity index (χ3v) is 15.3. The molecule has 418 valence electrons. The van der Waals surface area contributed by atoms with Gasteiger partial charge in [-0.15, -0.1) is 0 Å². The van der Waals surface area contributed by atoms with Gasteiger partial charge < -0.3 is 62.3 Å². The van der Waals surface area contributed by atoms with E-state index in [-0.39, 0.29) is 51.9 Å². The van der Waals surface area contributed by atoms with Gasteiger partial charge in [0.15, 0.2) is 0 Å². The molecule has 1 aromatic heterocycles. The number of ether oxygens (including phenoxy) is 2. The molecule has 3 saturated heterocycles. The van der Waals surface area contributed by atoms with Crippen LogP contribution in [0.25, 0.3) is 10.9 Å². The Morgan fingerprint density at radius 1 is 0.646 bits per heavy atom. The minimum absolute atomic E-state index is 0.0241. The van der Waals surface area contributed by atoms with Gasteiger partial charge in [0.05, 0.1) is 13.2 Å². The maximum Gasteiger partial charge on any atom is 0.407 e. The summed E-state index contributed by atoms with van der Waals surface area (Å²) in [6, 6.07) is 24.5. The molecule has 9 rings (SSSR count). The first kappa shape index (κ1) is 55.9. The number of hydrogen-bond acceptors (Lipinski definition) is 12. The Labute approximate surface area is 460 Å². The summed E-state index contributed by atoms with van der Waals surface area (Å²) in [6.07, 6.45) is 5.59. The second-order valence-electron chi connectivity index (χ2n) is 21.0. The molecule has 79 heavy (non-hydrogen) atoms. The SMILES string of the molecule is NCCNC(=O)O[C@@H]1C[C@H]2C(=O)N[C@@H](c3ccccc3)C(=O)N[C@H](Cc3c[nH]c4ccccc34)C(=O)N[C@@H](CN3CCNCC3)C(=O)N[C@@H](Cc3ccc(OCC4CCCCC4)cc3)C(=O)N[C@@H](Cc3ccccc3)C(=O)N2C1. The Bertz CT molecular complexity index is 2880. The molecule has 4 aromatic carbocycles. The van der Waals surface area contributed by atoms with Crippen molar-refractivity contribution >= 4 is 52.4 Å². The number of nitrogens with one attached hydrogen (secondary N) is 8. The molecule has 1 aliphatic carbocycles. The predicted octanol–water partition coefficient (Wildman–Crippen LogP) is 2.52. The quantitative estimate of drug-likeness (QED) is 0.0733. The fourth-order valence-corrected chi connectivity index (χ4v) is 11.1. The highest BCUT2D eigenvalue weighted by Gasteiger charge is 2.45. The Balaban J connectivity index is 1.10. The van der Waals surface area contributed by atoms with Crippen molar-refractivity contribution in [1.29, 1.82) is 0 Å². The smallest absolute Gasteiger partial charge is 0.407 e. The van der Waals surface area contributed by atoms with Gasteiger partial charge in [0.2, 0.25) is 35.4 Å². The number of piperazine rings is 1. The van der Waals surface area contributed by atoms with Crippen LogP contribution in [0.3, 0.4) is 0 Å². The average Bonchev–Trinajstić information content (AvgIpc) is 4.19. The standard InChI is InChI=1S/C59H73N11O9/c60-24-25-62-59(77)79-44-33-51-56(74)68-52(41-16-8-3-9-17-41)57(75)65-48(32-42-34-63-46-19-11-10-18-45(42)46)54(72)67-50(36-69-28-26-61-27-29-69)55(73)64-47(30-39-20-22-43(23-21-39)78-37-40-14-6-2-7-15-40)53(71)66-49(58(76)70(51)35-44)31-38-12-4-1-5-13-38/h1,3-5,8-13,16-23,34,40,44,47-52,61,63H,2,6-7,14-15,24-33,35-37,60H2,(H,62,77)(H,64,73)(H,65,75)(H,66,71)(H,67,72)(H,68,74)/t44-,47+,48-,49+,50+,51+,52+/m1/s1. The maximum absolute atomic E-state index is 15.4. The highest BCUT2D eigenvalue weighted by Crippen LogP contribution is 2.27. The van der Waals surface area contributed by atoms with E-state index in [0.717, 1.165) is 23.7 Å². The first-order valence-electron chi connectivity index (χ1n) is 27.7. The van der Waals surface area contributed by atoms with Gasteiger partial charge in [0.1, 0.15) is 48.1 Å². The van der Waals surface area contributed by atoms with Crippen molar-refractivity contribution in [2.24, 2.45) is 11.7 Å². The first-order chi connectivity index (χ1) is 38.5. The number of H-pyrrole nitrogens is 1. The van der Waals surface area contributed by atoms with Crippen molar-refractivity contribution < 1.29 is 43.0 Å². The van der Waals surface area contributed by atoms with E-state index >= 15 is 28.8 Å². The summed E-state index contributed by atoms with van der Waals surface area (Å²) in [5.74, 6) is -3.04. The molecule has 4 aliphatic rings. The summed E-state index contributed by atoms with van der Waals surface area (Å²) < 4.78 is 12.0. The average molecular weight is 1080 g/mol. The number of amides is 7. The summed E-state index contributed by atoms with van der Waals surface area (Å²) in [5.41, 5.74) is 8.89. The number of carbonyl (C=O) groups is 7. The predicted molar refractivity (Wildman–Crippen MR) is 296 cm³/mol. The van der Waals surface area contributed by atoms with Gasteiger partial charge in [-0.1, -0.05) is 110 Å². The molecule has 4 fully saturated rings. The van der Waals surface area contributed by atoms with Crippen LogP contribution in [0.4, 0.5) is 4.79 Å².